The second-order valence-corrected chi connectivity index (χ2v) is 8.33. The molecule has 0 bridgehead atoms. The number of carbonyl (C=O) groups excluding carboxylic acids is 3. The highest BCUT2D eigenvalue weighted by Crippen LogP contribution is 2.31. The standard InChI is InChI=1S/C23H29FN4O4/c1-12-10-16(11-26-21(12)24)28(15-6-8-17(32-5)9-7-15)23(31)20(29)19-13(2)18(22(25)30)14(3)27(19)4/h10-11,15,17H,6-9H2,1-5H3,(H2,25,30). The van der Waals surface area contributed by atoms with Crippen molar-refractivity contribution in [2.75, 3.05) is 12.0 Å². The second kappa shape index (κ2) is 9.20. The summed E-state index contributed by atoms with van der Waals surface area (Å²) in [7, 11) is 3.27. The molecule has 0 aliphatic heterocycles. The monoisotopic (exact) mass is 444 g/mol. The van der Waals surface area contributed by atoms with E-state index >= 15 is 0 Å². The van der Waals surface area contributed by atoms with E-state index in [1.807, 2.05) is 0 Å². The fourth-order valence-electron chi connectivity index (χ4n) is 4.58. The number of anilines is 1. The molecule has 1 saturated carbocycles. The van der Waals surface area contributed by atoms with Crippen LogP contribution in [-0.4, -0.2) is 46.4 Å². The number of aryl methyl sites for hydroxylation is 1. The quantitative estimate of drug-likeness (QED) is 0.419. The predicted octanol–water partition coefficient (Wildman–Crippen LogP) is 2.76. The summed E-state index contributed by atoms with van der Waals surface area (Å²) in [6.07, 6.45) is 4.11. The van der Waals surface area contributed by atoms with E-state index in [0.29, 0.717) is 29.8 Å². The molecule has 3 rings (SSSR count). The molecular formula is C23H29FN4O4. The lowest BCUT2D eigenvalue weighted by molar-refractivity contribution is -0.115. The number of hydrogen-bond acceptors (Lipinski definition) is 5. The van der Waals surface area contributed by atoms with Crippen LogP contribution in [-0.2, 0) is 16.6 Å². The fourth-order valence-corrected chi connectivity index (χ4v) is 4.58. The van der Waals surface area contributed by atoms with Crippen LogP contribution in [0, 0.1) is 26.7 Å². The van der Waals surface area contributed by atoms with E-state index in [9.17, 15) is 18.8 Å². The zero-order valence-corrected chi connectivity index (χ0v) is 19.1. The molecule has 2 aromatic rings. The first-order valence-corrected chi connectivity index (χ1v) is 10.6. The first kappa shape index (κ1) is 23.6. The average Bonchev–Trinajstić information content (AvgIpc) is 2.98. The van der Waals surface area contributed by atoms with Gasteiger partial charge in [-0.3, -0.25) is 14.4 Å². The molecule has 1 aliphatic rings. The van der Waals surface area contributed by atoms with Gasteiger partial charge in [0.05, 0.1) is 29.2 Å². The Hall–Kier alpha value is -3.07. The third-order valence-corrected chi connectivity index (χ3v) is 6.43. The molecule has 8 nitrogen and oxygen atoms in total. The Morgan fingerprint density at radius 3 is 2.31 bits per heavy atom. The molecule has 0 saturated heterocycles. The van der Waals surface area contributed by atoms with Crippen LogP contribution in [0.4, 0.5) is 10.1 Å². The van der Waals surface area contributed by atoms with Crippen LogP contribution in [0.25, 0.3) is 0 Å². The predicted molar refractivity (Wildman–Crippen MR) is 117 cm³/mol. The van der Waals surface area contributed by atoms with Crippen molar-refractivity contribution >= 4 is 23.3 Å². The largest absolute Gasteiger partial charge is 0.381 e. The van der Waals surface area contributed by atoms with Gasteiger partial charge >= 0.3 is 5.91 Å². The Labute approximate surface area is 186 Å². The molecule has 2 heterocycles. The molecule has 2 N–H and O–H groups in total. The maximum absolute atomic E-state index is 13.8. The Balaban J connectivity index is 2.04. The SMILES string of the molecule is COC1CCC(N(C(=O)C(=O)c2c(C)c(C(N)=O)c(C)n2C)c2cnc(F)c(C)c2)CC1. The highest BCUT2D eigenvalue weighted by atomic mass is 19.1. The van der Waals surface area contributed by atoms with Crippen LogP contribution >= 0.6 is 0 Å². The Bertz CT molecular complexity index is 1070. The molecule has 1 aliphatic carbocycles. The zero-order valence-electron chi connectivity index (χ0n) is 19.1. The van der Waals surface area contributed by atoms with Gasteiger partial charge in [0.25, 0.3) is 11.7 Å². The van der Waals surface area contributed by atoms with E-state index in [-0.39, 0.29) is 29.0 Å². The number of Topliss-reactive ketones (excluding diaryl/α,β-unsaturated/α-hetero) is 1. The highest BCUT2D eigenvalue weighted by molar-refractivity contribution is 6.47. The summed E-state index contributed by atoms with van der Waals surface area (Å²) in [6, 6.07) is 1.26. The number of halogens is 1. The van der Waals surface area contributed by atoms with Gasteiger partial charge in [-0.15, -0.1) is 0 Å². The Morgan fingerprint density at radius 2 is 1.81 bits per heavy atom. The number of aromatic nitrogens is 2. The van der Waals surface area contributed by atoms with Gasteiger partial charge in [0.15, 0.2) is 0 Å². The molecule has 2 amide bonds. The van der Waals surface area contributed by atoms with Gasteiger partial charge in [-0.05, 0) is 58.1 Å². The molecule has 9 heteroatoms. The van der Waals surface area contributed by atoms with E-state index in [2.05, 4.69) is 4.98 Å². The van der Waals surface area contributed by atoms with Gasteiger partial charge < -0.3 is 19.9 Å². The van der Waals surface area contributed by atoms with Crippen molar-refractivity contribution in [2.24, 2.45) is 12.8 Å². The van der Waals surface area contributed by atoms with Crippen molar-refractivity contribution in [1.82, 2.24) is 9.55 Å². The molecule has 0 unspecified atom stereocenters. The van der Waals surface area contributed by atoms with Crippen LogP contribution in [0.3, 0.4) is 0 Å². The number of ether oxygens (including phenoxy) is 1. The fraction of sp³-hybridized carbons (Fsp3) is 0.478. The molecule has 172 valence electrons. The molecule has 0 radical (unpaired) electrons. The van der Waals surface area contributed by atoms with Crippen molar-refractivity contribution in [2.45, 2.75) is 58.6 Å². The first-order valence-electron chi connectivity index (χ1n) is 10.6. The highest BCUT2D eigenvalue weighted by Gasteiger charge is 2.36. The van der Waals surface area contributed by atoms with Crippen LogP contribution in [0.2, 0.25) is 0 Å². The molecular weight excluding hydrogens is 415 g/mol. The number of rotatable bonds is 6. The van der Waals surface area contributed by atoms with E-state index in [4.69, 9.17) is 10.5 Å². The summed E-state index contributed by atoms with van der Waals surface area (Å²) in [4.78, 5) is 44.0. The number of pyridine rings is 1. The minimum atomic E-state index is -0.753. The molecule has 0 aromatic carbocycles. The number of hydrogen-bond donors (Lipinski definition) is 1. The van der Waals surface area contributed by atoms with E-state index in [1.54, 1.807) is 34.9 Å². The maximum Gasteiger partial charge on any atom is 0.301 e. The van der Waals surface area contributed by atoms with Gasteiger partial charge in [-0.1, -0.05) is 0 Å². The summed E-state index contributed by atoms with van der Waals surface area (Å²) >= 11 is 0. The average molecular weight is 445 g/mol. The van der Waals surface area contributed by atoms with Crippen LogP contribution in [0.1, 0.15) is 63.4 Å². The van der Waals surface area contributed by atoms with Crippen molar-refractivity contribution in [3.8, 4) is 0 Å². The normalized spacial score (nSPS) is 18.4. The van der Waals surface area contributed by atoms with Gasteiger partial charge in [-0.2, -0.15) is 4.39 Å². The molecule has 32 heavy (non-hydrogen) atoms. The molecule has 1 fully saturated rings. The number of amides is 2. The maximum atomic E-state index is 13.8. The first-order chi connectivity index (χ1) is 15.1. The smallest absolute Gasteiger partial charge is 0.301 e. The van der Waals surface area contributed by atoms with E-state index < -0.39 is 23.5 Å². The van der Waals surface area contributed by atoms with Gasteiger partial charge in [0, 0.05) is 31.5 Å². The van der Waals surface area contributed by atoms with Crippen molar-refractivity contribution in [1.29, 1.82) is 0 Å². The number of methoxy groups -OCH3 is 1. The van der Waals surface area contributed by atoms with Crippen molar-refractivity contribution in [3.05, 3.63) is 46.3 Å². The van der Waals surface area contributed by atoms with Gasteiger partial charge in [-0.25, -0.2) is 4.98 Å². The topological polar surface area (TPSA) is 108 Å². The second-order valence-electron chi connectivity index (χ2n) is 8.33. The minimum Gasteiger partial charge on any atom is -0.381 e. The number of carbonyl (C=O) groups is 3. The Kier molecular flexibility index (Phi) is 6.78. The van der Waals surface area contributed by atoms with Crippen LogP contribution in [0.5, 0.6) is 0 Å². The minimum absolute atomic E-state index is 0.0999. The number of nitrogens with zero attached hydrogens (tertiary/aromatic N) is 3. The summed E-state index contributed by atoms with van der Waals surface area (Å²) in [6.45, 7) is 4.83. The van der Waals surface area contributed by atoms with E-state index in [0.717, 1.165) is 12.8 Å². The molecule has 2 aromatic heterocycles. The number of ketones is 1. The van der Waals surface area contributed by atoms with Gasteiger partial charge in [0.2, 0.25) is 5.95 Å². The van der Waals surface area contributed by atoms with E-state index in [1.165, 1.54) is 21.7 Å². The van der Waals surface area contributed by atoms with Crippen molar-refractivity contribution < 1.29 is 23.5 Å². The number of nitrogens with two attached hydrogens (primary N) is 1. The summed E-state index contributed by atoms with van der Waals surface area (Å²) in [5, 5.41) is 0. The Morgan fingerprint density at radius 1 is 1.19 bits per heavy atom. The summed E-state index contributed by atoms with van der Waals surface area (Å²) < 4.78 is 20.8. The third-order valence-electron chi connectivity index (χ3n) is 6.43. The lowest BCUT2D eigenvalue weighted by atomic mass is 9.91. The molecule has 0 atom stereocenters. The lowest BCUT2D eigenvalue weighted by Crippen LogP contribution is -2.47. The zero-order chi connectivity index (χ0) is 23.7. The van der Waals surface area contributed by atoms with Crippen LogP contribution in [0.15, 0.2) is 12.3 Å². The lowest BCUT2D eigenvalue weighted by Gasteiger charge is -2.36. The third kappa shape index (κ3) is 4.17. The number of primary amides is 1. The summed E-state index contributed by atoms with van der Waals surface area (Å²) in [5.41, 5.74) is 7.35. The van der Waals surface area contributed by atoms with Crippen LogP contribution < -0.4 is 10.6 Å². The van der Waals surface area contributed by atoms with Crippen molar-refractivity contribution in [3.63, 3.8) is 0 Å². The molecule has 0 spiro atoms. The van der Waals surface area contributed by atoms with Gasteiger partial charge in [0.1, 0.15) is 0 Å². The summed E-state index contributed by atoms with van der Waals surface area (Å²) in [5.74, 6) is -2.79.